The van der Waals surface area contributed by atoms with E-state index < -0.39 is 0 Å². The maximum absolute atomic E-state index is 11.4. The summed E-state index contributed by atoms with van der Waals surface area (Å²) in [5.74, 6) is -0.116. The summed E-state index contributed by atoms with van der Waals surface area (Å²) in [5.41, 5.74) is 2.49. The number of carbonyl (C=O) groups excluding carboxylic acids is 1. The van der Waals surface area contributed by atoms with Gasteiger partial charge in [0.25, 0.3) is 0 Å². The average Bonchev–Trinajstić information content (AvgIpc) is 2.50. The number of hydrogen-bond donors (Lipinski definition) is 0. The van der Waals surface area contributed by atoms with Gasteiger partial charge in [-0.15, -0.1) is 0 Å². The Kier molecular flexibility index (Phi) is 2.75. The van der Waals surface area contributed by atoms with Crippen LogP contribution in [0.25, 0.3) is 0 Å². The molecule has 0 amide bonds. The molecule has 0 fully saturated rings. The van der Waals surface area contributed by atoms with E-state index in [-0.39, 0.29) is 17.5 Å². The molecule has 1 aliphatic rings. The number of carbonyl (C=O) groups is 1. The van der Waals surface area contributed by atoms with Gasteiger partial charge in [-0.05, 0) is 17.5 Å². The minimum Gasteiger partial charge on any atom is -0.457 e. The van der Waals surface area contributed by atoms with Gasteiger partial charge < -0.3 is 4.74 Å². The van der Waals surface area contributed by atoms with Gasteiger partial charge in [-0.3, -0.25) is 4.79 Å². The molecule has 0 bridgehead atoms. The quantitative estimate of drug-likeness (QED) is 0.712. The van der Waals surface area contributed by atoms with Gasteiger partial charge >= 0.3 is 5.97 Å². The van der Waals surface area contributed by atoms with Crippen LogP contribution in [0.1, 0.15) is 44.4 Å². The fourth-order valence-electron chi connectivity index (χ4n) is 2.39. The van der Waals surface area contributed by atoms with E-state index in [9.17, 15) is 4.79 Å². The van der Waals surface area contributed by atoms with Crippen molar-refractivity contribution in [3.63, 3.8) is 0 Å². The summed E-state index contributed by atoms with van der Waals surface area (Å²) in [4.78, 5) is 11.4. The maximum Gasteiger partial charge on any atom is 0.306 e. The Morgan fingerprint density at radius 1 is 1.44 bits per heavy atom. The van der Waals surface area contributed by atoms with Crippen molar-refractivity contribution in [2.75, 3.05) is 0 Å². The van der Waals surface area contributed by atoms with Gasteiger partial charge in [-0.25, -0.2) is 0 Å². The molecule has 1 aliphatic carbocycles. The Morgan fingerprint density at radius 2 is 2.12 bits per heavy atom. The first-order valence-electron chi connectivity index (χ1n) is 5.82. The third kappa shape index (κ3) is 1.84. The first kappa shape index (κ1) is 11.2. The van der Waals surface area contributed by atoms with Crippen LogP contribution < -0.4 is 0 Å². The van der Waals surface area contributed by atoms with E-state index in [1.807, 2.05) is 19.1 Å². The Bertz CT molecular complexity index is 407. The zero-order valence-corrected chi connectivity index (χ0v) is 10.1. The molecule has 1 atom stereocenters. The molecule has 0 heterocycles. The van der Waals surface area contributed by atoms with Crippen molar-refractivity contribution in [2.24, 2.45) is 5.41 Å². The monoisotopic (exact) mass is 218 g/mol. The Labute approximate surface area is 96.6 Å². The molecule has 0 aromatic heterocycles. The van der Waals surface area contributed by atoms with Crippen LogP contribution in [0.15, 0.2) is 24.3 Å². The van der Waals surface area contributed by atoms with E-state index in [0.29, 0.717) is 6.42 Å². The number of benzene rings is 1. The number of ether oxygens (including phenoxy) is 1. The third-order valence-electron chi connectivity index (χ3n) is 3.23. The molecular weight excluding hydrogens is 200 g/mol. The van der Waals surface area contributed by atoms with Crippen LogP contribution in [0.3, 0.4) is 0 Å². The smallest absolute Gasteiger partial charge is 0.306 e. The van der Waals surface area contributed by atoms with E-state index in [4.69, 9.17) is 4.74 Å². The van der Waals surface area contributed by atoms with Gasteiger partial charge in [0.2, 0.25) is 0 Å². The normalized spacial score (nSPS) is 21.6. The summed E-state index contributed by atoms with van der Waals surface area (Å²) in [6, 6.07) is 8.24. The van der Waals surface area contributed by atoms with Crippen molar-refractivity contribution in [2.45, 2.75) is 39.7 Å². The second-order valence-corrected chi connectivity index (χ2v) is 5.09. The minimum absolute atomic E-state index is 0.00845. The van der Waals surface area contributed by atoms with E-state index in [1.54, 1.807) is 0 Å². The van der Waals surface area contributed by atoms with Crippen LogP contribution in [-0.2, 0) is 16.0 Å². The minimum atomic E-state index is -0.116. The predicted molar refractivity (Wildman–Crippen MR) is 63.1 cm³/mol. The summed E-state index contributed by atoms with van der Waals surface area (Å²) >= 11 is 0. The van der Waals surface area contributed by atoms with Crippen LogP contribution in [0.4, 0.5) is 0 Å². The zero-order chi connectivity index (χ0) is 11.8. The van der Waals surface area contributed by atoms with E-state index >= 15 is 0 Å². The molecule has 0 spiro atoms. The number of hydrogen-bond acceptors (Lipinski definition) is 2. The summed E-state index contributed by atoms with van der Waals surface area (Å²) in [5, 5.41) is 0. The van der Waals surface area contributed by atoms with Gasteiger partial charge in [0, 0.05) is 11.8 Å². The first-order chi connectivity index (χ1) is 7.54. The molecule has 16 heavy (non-hydrogen) atoms. The molecule has 0 N–H and O–H groups in total. The Hall–Kier alpha value is -1.31. The lowest BCUT2D eigenvalue weighted by molar-refractivity contribution is -0.154. The van der Waals surface area contributed by atoms with Crippen LogP contribution in [0.5, 0.6) is 0 Å². The van der Waals surface area contributed by atoms with E-state index in [2.05, 4.69) is 26.0 Å². The zero-order valence-electron chi connectivity index (χ0n) is 10.1. The fraction of sp³-hybridized carbons (Fsp3) is 0.500. The number of fused-ring (bicyclic) bond motifs is 1. The van der Waals surface area contributed by atoms with Crippen LogP contribution in [-0.4, -0.2) is 5.97 Å². The van der Waals surface area contributed by atoms with Crippen molar-refractivity contribution in [1.82, 2.24) is 0 Å². The topological polar surface area (TPSA) is 26.3 Å². The van der Waals surface area contributed by atoms with Crippen molar-refractivity contribution < 1.29 is 9.53 Å². The van der Waals surface area contributed by atoms with Gasteiger partial charge in [-0.1, -0.05) is 45.0 Å². The highest BCUT2D eigenvalue weighted by Gasteiger charge is 2.41. The lowest BCUT2D eigenvalue weighted by Crippen LogP contribution is -2.22. The SMILES string of the molecule is CCC(=O)OC1c2ccccc2CC1(C)C. The molecule has 86 valence electrons. The summed E-state index contributed by atoms with van der Waals surface area (Å²) in [6.45, 7) is 6.14. The molecule has 2 rings (SSSR count). The number of esters is 1. The second-order valence-electron chi connectivity index (χ2n) is 5.09. The Balaban J connectivity index is 2.31. The highest BCUT2D eigenvalue weighted by atomic mass is 16.5. The first-order valence-corrected chi connectivity index (χ1v) is 5.82. The Morgan fingerprint density at radius 3 is 2.81 bits per heavy atom. The average molecular weight is 218 g/mol. The standard InChI is InChI=1S/C14H18O2/c1-4-12(15)16-13-11-8-6-5-7-10(11)9-14(13,2)3/h5-8,13H,4,9H2,1-3H3. The molecule has 0 saturated carbocycles. The van der Waals surface area contributed by atoms with Crippen molar-refractivity contribution in [3.8, 4) is 0 Å². The maximum atomic E-state index is 11.4. The summed E-state index contributed by atoms with van der Waals surface area (Å²) in [7, 11) is 0. The van der Waals surface area contributed by atoms with Gasteiger partial charge in [-0.2, -0.15) is 0 Å². The van der Waals surface area contributed by atoms with E-state index in [0.717, 1.165) is 6.42 Å². The van der Waals surface area contributed by atoms with Crippen LogP contribution >= 0.6 is 0 Å². The molecule has 1 aromatic rings. The molecule has 0 radical (unpaired) electrons. The molecular formula is C14H18O2. The second kappa shape index (κ2) is 3.93. The highest BCUT2D eigenvalue weighted by Crippen LogP contribution is 2.47. The van der Waals surface area contributed by atoms with Crippen LogP contribution in [0.2, 0.25) is 0 Å². The molecule has 0 saturated heterocycles. The summed E-state index contributed by atoms with van der Waals surface area (Å²) in [6.07, 6.45) is 1.33. The van der Waals surface area contributed by atoms with Crippen LogP contribution in [0, 0.1) is 5.41 Å². The van der Waals surface area contributed by atoms with Gasteiger partial charge in [0.15, 0.2) is 0 Å². The molecule has 2 nitrogen and oxygen atoms in total. The summed E-state index contributed by atoms with van der Waals surface area (Å²) < 4.78 is 5.56. The molecule has 0 aliphatic heterocycles. The van der Waals surface area contributed by atoms with Crippen molar-refractivity contribution >= 4 is 5.97 Å². The van der Waals surface area contributed by atoms with E-state index in [1.165, 1.54) is 11.1 Å². The van der Waals surface area contributed by atoms with Gasteiger partial charge in [0.05, 0.1) is 0 Å². The highest BCUT2D eigenvalue weighted by molar-refractivity contribution is 5.69. The van der Waals surface area contributed by atoms with Gasteiger partial charge in [0.1, 0.15) is 6.10 Å². The molecule has 1 aromatic carbocycles. The predicted octanol–water partition coefficient (Wildman–Crippen LogP) is 3.26. The van der Waals surface area contributed by atoms with Crippen molar-refractivity contribution in [3.05, 3.63) is 35.4 Å². The molecule has 2 heteroatoms. The third-order valence-corrected chi connectivity index (χ3v) is 3.23. The largest absolute Gasteiger partial charge is 0.457 e. The number of rotatable bonds is 2. The fourth-order valence-corrected chi connectivity index (χ4v) is 2.39. The molecule has 1 unspecified atom stereocenters. The lowest BCUT2D eigenvalue weighted by atomic mass is 9.87. The van der Waals surface area contributed by atoms with Crippen molar-refractivity contribution in [1.29, 1.82) is 0 Å². The lowest BCUT2D eigenvalue weighted by Gasteiger charge is -2.27.